The summed E-state index contributed by atoms with van der Waals surface area (Å²) >= 11 is 0. The Morgan fingerprint density at radius 2 is 2.03 bits per heavy atom. The molecule has 0 bridgehead atoms. The van der Waals surface area contributed by atoms with Gasteiger partial charge in [0, 0.05) is 13.1 Å². The molecule has 1 aromatic carbocycles. The van der Waals surface area contributed by atoms with Crippen LogP contribution in [0.4, 0.5) is 0 Å². The summed E-state index contributed by atoms with van der Waals surface area (Å²) in [6.07, 6.45) is 1.18. The summed E-state index contributed by atoms with van der Waals surface area (Å²) in [4.78, 5) is 27.3. The zero-order valence-electron chi connectivity index (χ0n) is 16.4. The van der Waals surface area contributed by atoms with E-state index in [4.69, 9.17) is 9.15 Å². The molecular weight excluding hydrogens is 372 g/mol. The molecule has 4 rings (SSSR count). The maximum absolute atomic E-state index is 13.2. The van der Waals surface area contributed by atoms with Crippen LogP contribution in [-0.2, 0) is 35.7 Å². The summed E-state index contributed by atoms with van der Waals surface area (Å²) in [7, 11) is 0. The van der Waals surface area contributed by atoms with Gasteiger partial charge in [0.25, 0.3) is 0 Å². The number of fused-ring (bicyclic) bond motifs is 1. The number of amides is 1. The molecule has 1 aliphatic heterocycles. The first-order chi connectivity index (χ1) is 14.2. The third-order valence-corrected chi connectivity index (χ3v) is 5.03. The highest BCUT2D eigenvalue weighted by atomic mass is 16.5. The third-order valence-electron chi connectivity index (χ3n) is 5.03. The SMILES string of the molecule is CCn1nc2n(c1=O)CCOC2CC(=O)N(Cc1ccccc1)Cc1ccco1. The molecule has 0 saturated heterocycles. The van der Waals surface area contributed by atoms with Gasteiger partial charge in [-0.3, -0.25) is 9.36 Å². The summed E-state index contributed by atoms with van der Waals surface area (Å²) < 4.78 is 14.3. The fourth-order valence-corrected chi connectivity index (χ4v) is 3.54. The van der Waals surface area contributed by atoms with Crippen molar-refractivity contribution in [2.45, 2.75) is 45.6 Å². The van der Waals surface area contributed by atoms with Crippen molar-refractivity contribution < 1.29 is 13.9 Å². The molecule has 152 valence electrons. The van der Waals surface area contributed by atoms with Gasteiger partial charge in [0.15, 0.2) is 5.82 Å². The summed E-state index contributed by atoms with van der Waals surface area (Å²) in [6, 6.07) is 13.5. The minimum absolute atomic E-state index is 0.0813. The molecule has 0 aliphatic carbocycles. The topological polar surface area (TPSA) is 82.5 Å². The molecule has 0 N–H and O–H groups in total. The van der Waals surface area contributed by atoms with Gasteiger partial charge >= 0.3 is 5.69 Å². The van der Waals surface area contributed by atoms with Gasteiger partial charge in [-0.2, -0.15) is 5.10 Å². The van der Waals surface area contributed by atoms with E-state index < -0.39 is 6.10 Å². The first kappa shape index (κ1) is 19.2. The van der Waals surface area contributed by atoms with Crippen LogP contribution < -0.4 is 5.69 Å². The number of aromatic nitrogens is 3. The van der Waals surface area contributed by atoms with Crippen LogP contribution in [0, 0.1) is 0 Å². The first-order valence-corrected chi connectivity index (χ1v) is 9.79. The maximum atomic E-state index is 13.2. The zero-order chi connectivity index (χ0) is 20.2. The van der Waals surface area contributed by atoms with Crippen molar-refractivity contribution >= 4 is 5.91 Å². The molecule has 0 saturated carbocycles. The largest absolute Gasteiger partial charge is 0.467 e. The normalized spacial score (nSPS) is 15.8. The van der Waals surface area contributed by atoms with Crippen molar-refractivity contribution in [2.24, 2.45) is 0 Å². The number of furan rings is 1. The van der Waals surface area contributed by atoms with Gasteiger partial charge in [0.1, 0.15) is 11.9 Å². The first-order valence-electron chi connectivity index (χ1n) is 9.79. The summed E-state index contributed by atoms with van der Waals surface area (Å²) in [5.74, 6) is 1.15. The number of hydrogen-bond donors (Lipinski definition) is 0. The van der Waals surface area contributed by atoms with Crippen LogP contribution in [0.2, 0.25) is 0 Å². The molecule has 0 spiro atoms. The minimum Gasteiger partial charge on any atom is -0.467 e. The standard InChI is InChI=1S/C21H24N4O4/c1-2-25-21(27)24-10-12-29-18(20(24)22-25)13-19(26)23(15-17-9-6-11-28-17)14-16-7-4-3-5-8-16/h3-9,11,18H,2,10,12-15H2,1H3. The van der Waals surface area contributed by atoms with Gasteiger partial charge < -0.3 is 14.1 Å². The van der Waals surface area contributed by atoms with Gasteiger partial charge in [-0.15, -0.1) is 0 Å². The van der Waals surface area contributed by atoms with Gasteiger partial charge in [-0.05, 0) is 24.6 Å². The average molecular weight is 396 g/mol. The van der Waals surface area contributed by atoms with E-state index in [1.807, 2.05) is 43.3 Å². The predicted molar refractivity (Wildman–Crippen MR) is 105 cm³/mol. The lowest BCUT2D eigenvalue weighted by Crippen LogP contribution is -2.35. The molecule has 8 nitrogen and oxygen atoms in total. The highest BCUT2D eigenvalue weighted by Crippen LogP contribution is 2.24. The number of carbonyl (C=O) groups is 1. The Labute approximate surface area is 168 Å². The van der Waals surface area contributed by atoms with Gasteiger partial charge in [-0.25, -0.2) is 9.48 Å². The molecule has 29 heavy (non-hydrogen) atoms. The van der Waals surface area contributed by atoms with E-state index in [0.29, 0.717) is 44.4 Å². The zero-order valence-corrected chi connectivity index (χ0v) is 16.4. The number of carbonyl (C=O) groups excluding carboxylic acids is 1. The Balaban J connectivity index is 1.54. The lowest BCUT2D eigenvalue weighted by molar-refractivity contribution is -0.136. The van der Waals surface area contributed by atoms with Crippen molar-refractivity contribution in [3.8, 4) is 0 Å². The van der Waals surface area contributed by atoms with Crippen molar-refractivity contribution in [3.63, 3.8) is 0 Å². The van der Waals surface area contributed by atoms with Crippen molar-refractivity contribution in [2.75, 3.05) is 6.61 Å². The maximum Gasteiger partial charge on any atom is 0.346 e. The number of hydrogen-bond acceptors (Lipinski definition) is 5. The molecule has 3 heterocycles. The Morgan fingerprint density at radius 3 is 2.76 bits per heavy atom. The average Bonchev–Trinajstić information content (AvgIpc) is 3.37. The Bertz CT molecular complexity index is 1010. The number of aryl methyl sites for hydroxylation is 1. The fourth-order valence-electron chi connectivity index (χ4n) is 3.54. The van der Waals surface area contributed by atoms with E-state index in [2.05, 4.69) is 5.10 Å². The molecule has 2 aromatic heterocycles. The molecule has 0 fully saturated rings. The minimum atomic E-state index is -0.536. The van der Waals surface area contributed by atoms with E-state index in [9.17, 15) is 9.59 Å². The summed E-state index contributed by atoms with van der Waals surface area (Å²) in [5, 5.41) is 4.38. The van der Waals surface area contributed by atoms with Crippen molar-refractivity contribution in [1.82, 2.24) is 19.2 Å². The molecule has 1 aliphatic rings. The molecule has 3 aromatic rings. The second kappa shape index (κ2) is 8.48. The van der Waals surface area contributed by atoms with Crippen LogP contribution in [0.1, 0.15) is 36.6 Å². The van der Waals surface area contributed by atoms with Gasteiger partial charge in [-0.1, -0.05) is 30.3 Å². The quantitative estimate of drug-likeness (QED) is 0.612. The van der Waals surface area contributed by atoms with Crippen LogP contribution >= 0.6 is 0 Å². The molecule has 8 heteroatoms. The lowest BCUT2D eigenvalue weighted by atomic mass is 10.1. The van der Waals surface area contributed by atoms with Crippen LogP contribution in [0.3, 0.4) is 0 Å². The Hall–Kier alpha value is -3.13. The molecule has 0 radical (unpaired) electrons. The lowest BCUT2D eigenvalue weighted by Gasteiger charge is -2.26. The third kappa shape index (κ3) is 4.17. The number of benzene rings is 1. The Morgan fingerprint density at radius 1 is 1.21 bits per heavy atom. The highest BCUT2D eigenvalue weighted by Gasteiger charge is 2.30. The van der Waals surface area contributed by atoms with E-state index in [-0.39, 0.29) is 18.0 Å². The van der Waals surface area contributed by atoms with E-state index in [0.717, 1.165) is 5.56 Å². The summed E-state index contributed by atoms with van der Waals surface area (Å²) in [5.41, 5.74) is 0.879. The molecular formula is C21H24N4O4. The van der Waals surface area contributed by atoms with Crippen molar-refractivity contribution in [3.05, 3.63) is 76.4 Å². The van der Waals surface area contributed by atoms with Crippen LogP contribution in [-0.4, -0.2) is 31.8 Å². The van der Waals surface area contributed by atoms with E-state index in [1.54, 1.807) is 21.8 Å². The molecule has 1 amide bonds. The smallest absolute Gasteiger partial charge is 0.346 e. The molecule has 1 unspecified atom stereocenters. The molecule has 1 atom stereocenters. The second-order valence-corrected chi connectivity index (χ2v) is 6.99. The van der Waals surface area contributed by atoms with E-state index >= 15 is 0 Å². The summed E-state index contributed by atoms with van der Waals surface area (Å²) in [6.45, 7) is 4.02. The predicted octanol–water partition coefficient (Wildman–Crippen LogP) is 2.35. The van der Waals surface area contributed by atoms with Crippen LogP contribution in [0.5, 0.6) is 0 Å². The van der Waals surface area contributed by atoms with E-state index in [1.165, 1.54) is 4.68 Å². The number of ether oxygens (including phenoxy) is 1. The van der Waals surface area contributed by atoms with Gasteiger partial charge in [0.05, 0.1) is 32.4 Å². The van der Waals surface area contributed by atoms with Crippen molar-refractivity contribution in [1.29, 1.82) is 0 Å². The number of nitrogens with zero attached hydrogens (tertiary/aromatic N) is 4. The number of rotatable bonds is 7. The second-order valence-electron chi connectivity index (χ2n) is 6.99. The van der Waals surface area contributed by atoms with Crippen LogP contribution in [0.25, 0.3) is 0 Å². The highest BCUT2D eigenvalue weighted by molar-refractivity contribution is 5.76. The Kier molecular flexibility index (Phi) is 5.62. The van der Waals surface area contributed by atoms with Crippen LogP contribution in [0.15, 0.2) is 57.9 Å². The monoisotopic (exact) mass is 396 g/mol. The van der Waals surface area contributed by atoms with Gasteiger partial charge in [0.2, 0.25) is 5.91 Å². The fraction of sp³-hybridized carbons (Fsp3) is 0.381.